The zero-order valence-corrected chi connectivity index (χ0v) is 16.0. The molecular formula is C19H20N4O5. The third kappa shape index (κ3) is 3.38. The Morgan fingerprint density at radius 3 is 2.61 bits per heavy atom. The SMILES string of the molecule is Cc1nn(CC(=O)OC(C)C(=O)c2c(C)[nH]c3ccccc23)c(C)c1[N+](=O)[O-]. The third-order valence-corrected chi connectivity index (χ3v) is 4.62. The van der Waals surface area contributed by atoms with Gasteiger partial charge in [0.25, 0.3) is 0 Å². The highest BCUT2D eigenvalue weighted by Gasteiger charge is 2.26. The highest BCUT2D eigenvalue weighted by Crippen LogP contribution is 2.24. The molecule has 0 amide bonds. The molecule has 0 aliphatic carbocycles. The lowest BCUT2D eigenvalue weighted by Gasteiger charge is -2.13. The van der Waals surface area contributed by atoms with E-state index in [4.69, 9.17) is 4.74 Å². The minimum Gasteiger partial charge on any atom is -0.453 e. The normalized spacial score (nSPS) is 12.1. The molecule has 0 saturated heterocycles. The van der Waals surface area contributed by atoms with Crippen LogP contribution < -0.4 is 0 Å². The number of carbonyl (C=O) groups is 2. The first-order chi connectivity index (χ1) is 13.2. The number of aromatic amines is 1. The summed E-state index contributed by atoms with van der Waals surface area (Å²) < 4.78 is 6.49. The van der Waals surface area contributed by atoms with Gasteiger partial charge in [0, 0.05) is 22.2 Å². The molecule has 0 radical (unpaired) electrons. The Balaban J connectivity index is 1.76. The van der Waals surface area contributed by atoms with E-state index in [1.165, 1.54) is 25.5 Å². The van der Waals surface area contributed by atoms with Crippen molar-refractivity contribution >= 4 is 28.3 Å². The van der Waals surface area contributed by atoms with Crippen molar-refractivity contribution in [3.8, 4) is 0 Å². The average Bonchev–Trinajstić information content (AvgIpc) is 3.09. The number of carbonyl (C=O) groups excluding carboxylic acids is 2. The highest BCUT2D eigenvalue weighted by atomic mass is 16.6. The number of nitrogens with zero attached hydrogens (tertiary/aromatic N) is 3. The van der Waals surface area contributed by atoms with Crippen molar-refractivity contribution < 1.29 is 19.2 Å². The summed E-state index contributed by atoms with van der Waals surface area (Å²) in [6.07, 6.45) is -1.00. The van der Waals surface area contributed by atoms with E-state index in [9.17, 15) is 19.7 Å². The molecular weight excluding hydrogens is 364 g/mol. The summed E-state index contributed by atoms with van der Waals surface area (Å²) in [4.78, 5) is 38.8. The topological polar surface area (TPSA) is 120 Å². The Bertz CT molecular complexity index is 1100. The number of benzene rings is 1. The number of hydrogen-bond donors (Lipinski definition) is 1. The van der Waals surface area contributed by atoms with Crippen molar-refractivity contribution in [3.05, 3.63) is 57.0 Å². The fraction of sp³-hybridized carbons (Fsp3) is 0.316. The maximum absolute atomic E-state index is 12.8. The second-order valence-corrected chi connectivity index (χ2v) is 6.60. The quantitative estimate of drug-likeness (QED) is 0.302. The van der Waals surface area contributed by atoms with Crippen LogP contribution in [0.15, 0.2) is 24.3 Å². The minimum absolute atomic E-state index is 0.133. The van der Waals surface area contributed by atoms with Crippen LogP contribution >= 0.6 is 0 Å². The Morgan fingerprint density at radius 2 is 1.96 bits per heavy atom. The first-order valence-corrected chi connectivity index (χ1v) is 8.70. The number of H-pyrrole nitrogens is 1. The van der Waals surface area contributed by atoms with Gasteiger partial charge >= 0.3 is 11.7 Å². The molecule has 9 heteroatoms. The van der Waals surface area contributed by atoms with Gasteiger partial charge in [-0.05, 0) is 33.8 Å². The monoisotopic (exact) mass is 384 g/mol. The summed E-state index contributed by atoms with van der Waals surface area (Å²) in [5, 5.41) is 15.8. The number of esters is 1. The fourth-order valence-corrected chi connectivity index (χ4v) is 3.31. The van der Waals surface area contributed by atoms with E-state index in [0.717, 1.165) is 10.9 Å². The number of aryl methyl sites for hydroxylation is 2. The summed E-state index contributed by atoms with van der Waals surface area (Å²) in [5.41, 5.74) is 2.35. The molecule has 9 nitrogen and oxygen atoms in total. The van der Waals surface area contributed by atoms with Crippen LogP contribution in [0.1, 0.15) is 34.4 Å². The summed E-state index contributed by atoms with van der Waals surface area (Å²) in [7, 11) is 0. The van der Waals surface area contributed by atoms with Crippen molar-refractivity contribution in [2.75, 3.05) is 0 Å². The van der Waals surface area contributed by atoms with E-state index in [-0.39, 0.29) is 29.4 Å². The van der Waals surface area contributed by atoms with Gasteiger partial charge in [-0.15, -0.1) is 0 Å². The van der Waals surface area contributed by atoms with Gasteiger partial charge in [-0.3, -0.25) is 24.4 Å². The standard InChI is InChI=1S/C19H20N4O5/c1-10-17(14-7-5-6-8-15(14)20-10)19(25)13(4)28-16(24)9-22-12(3)18(23(26)27)11(2)21-22/h5-8,13,20H,9H2,1-4H3. The van der Waals surface area contributed by atoms with Crippen LogP contribution in [0.2, 0.25) is 0 Å². The van der Waals surface area contributed by atoms with Crippen LogP contribution in [0.5, 0.6) is 0 Å². The maximum Gasteiger partial charge on any atom is 0.328 e. The number of nitrogens with one attached hydrogen (secondary N) is 1. The summed E-state index contributed by atoms with van der Waals surface area (Å²) in [5.74, 6) is -1.01. The van der Waals surface area contributed by atoms with E-state index >= 15 is 0 Å². The average molecular weight is 384 g/mol. The molecule has 1 atom stereocenters. The van der Waals surface area contributed by atoms with E-state index in [1.54, 1.807) is 6.92 Å². The molecule has 3 rings (SSSR count). The molecule has 1 unspecified atom stereocenters. The molecule has 0 spiro atoms. The third-order valence-electron chi connectivity index (χ3n) is 4.62. The molecule has 28 heavy (non-hydrogen) atoms. The number of nitro groups is 1. The molecule has 146 valence electrons. The number of para-hydroxylation sites is 1. The largest absolute Gasteiger partial charge is 0.453 e. The summed E-state index contributed by atoms with van der Waals surface area (Å²) >= 11 is 0. The molecule has 1 N–H and O–H groups in total. The fourth-order valence-electron chi connectivity index (χ4n) is 3.31. The predicted molar refractivity (Wildman–Crippen MR) is 101 cm³/mol. The maximum atomic E-state index is 12.8. The van der Waals surface area contributed by atoms with E-state index in [1.807, 2.05) is 24.3 Å². The summed E-state index contributed by atoms with van der Waals surface area (Å²) in [6.45, 7) is 5.99. The molecule has 2 aromatic heterocycles. The lowest BCUT2D eigenvalue weighted by molar-refractivity contribution is -0.386. The zero-order chi connectivity index (χ0) is 20.6. The van der Waals surface area contributed by atoms with Crippen molar-refractivity contribution in [3.63, 3.8) is 0 Å². The van der Waals surface area contributed by atoms with Gasteiger partial charge in [-0.1, -0.05) is 18.2 Å². The number of hydrogen-bond acceptors (Lipinski definition) is 6. The highest BCUT2D eigenvalue weighted by molar-refractivity contribution is 6.11. The number of fused-ring (bicyclic) bond motifs is 1. The number of ether oxygens (including phenoxy) is 1. The number of ketones is 1. The molecule has 1 aromatic carbocycles. The first kappa shape index (κ1) is 19.3. The van der Waals surface area contributed by atoms with E-state index in [0.29, 0.717) is 11.3 Å². The number of rotatable bonds is 6. The Labute approximate surface area is 160 Å². The van der Waals surface area contributed by atoms with Gasteiger partial charge in [0.05, 0.1) is 4.92 Å². The van der Waals surface area contributed by atoms with Crippen LogP contribution in [0.25, 0.3) is 10.9 Å². The zero-order valence-electron chi connectivity index (χ0n) is 16.0. The van der Waals surface area contributed by atoms with Gasteiger partial charge in [0.15, 0.2) is 6.10 Å². The van der Waals surface area contributed by atoms with Crippen molar-refractivity contribution in [2.45, 2.75) is 40.3 Å². The molecule has 0 aliphatic rings. The molecule has 0 saturated carbocycles. The van der Waals surface area contributed by atoms with Crippen molar-refractivity contribution in [2.24, 2.45) is 0 Å². The van der Waals surface area contributed by atoms with Crippen LogP contribution in [0.4, 0.5) is 5.69 Å². The predicted octanol–water partition coefficient (Wildman–Crippen LogP) is 3.01. The van der Waals surface area contributed by atoms with Crippen LogP contribution in [-0.2, 0) is 16.1 Å². The van der Waals surface area contributed by atoms with Crippen LogP contribution in [-0.4, -0.2) is 37.5 Å². The van der Waals surface area contributed by atoms with Gasteiger partial charge in [-0.2, -0.15) is 5.10 Å². The molecule has 0 fully saturated rings. The lowest BCUT2D eigenvalue weighted by atomic mass is 10.0. The Morgan fingerprint density at radius 1 is 1.29 bits per heavy atom. The second kappa shape index (κ2) is 7.26. The lowest BCUT2D eigenvalue weighted by Crippen LogP contribution is -2.27. The number of aromatic nitrogens is 3. The van der Waals surface area contributed by atoms with Crippen molar-refractivity contribution in [1.82, 2.24) is 14.8 Å². The van der Waals surface area contributed by atoms with Gasteiger partial charge in [0.2, 0.25) is 5.78 Å². The smallest absolute Gasteiger partial charge is 0.328 e. The van der Waals surface area contributed by atoms with Gasteiger partial charge < -0.3 is 9.72 Å². The molecule has 3 aromatic rings. The molecule has 0 aliphatic heterocycles. The van der Waals surface area contributed by atoms with Crippen LogP contribution in [0.3, 0.4) is 0 Å². The Kier molecular flexibility index (Phi) is 5.00. The first-order valence-electron chi connectivity index (χ1n) is 8.70. The van der Waals surface area contributed by atoms with Gasteiger partial charge in [0.1, 0.15) is 17.9 Å². The number of Topliss-reactive ketones (excluding diaryl/α,β-unsaturated/α-hetero) is 1. The summed E-state index contributed by atoms with van der Waals surface area (Å²) in [6, 6.07) is 7.39. The molecule has 2 heterocycles. The van der Waals surface area contributed by atoms with E-state index < -0.39 is 17.0 Å². The van der Waals surface area contributed by atoms with Crippen LogP contribution in [0, 0.1) is 30.9 Å². The second-order valence-electron chi connectivity index (χ2n) is 6.60. The minimum atomic E-state index is -1.00. The van der Waals surface area contributed by atoms with Crippen molar-refractivity contribution in [1.29, 1.82) is 0 Å². The Hall–Kier alpha value is -3.49. The van der Waals surface area contributed by atoms with Gasteiger partial charge in [-0.25, -0.2) is 0 Å². The van der Waals surface area contributed by atoms with E-state index in [2.05, 4.69) is 10.1 Å². The molecule has 0 bridgehead atoms.